The van der Waals surface area contributed by atoms with Crippen LogP contribution in [0.15, 0.2) is 55.3 Å². The second-order valence-corrected chi connectivity index (χ2v) is 4.74. The third-order valence-corrected chi connectivity index (χ3v) is 3.07. The number of pyridine rings is 1. The van der Waals surface area contributed by atoms with Crippen molar-refractivity contribution in [1.82, 2.24) is 10.3 Å². The first-order valence-electron chi connectivity index (χ1n) is 7.01. The average molecular weight is 325 g/mol. The lowest BCUT2D eigenvalue weighted by molar-refractivity contribution is 0.0695. The average Bonchev–Trinajstić information content (AvgIpc) is 2.60. The number of carboxylic acid groups (broad SMARTS) is 1. The maximum absolute atomic E-state index is 12.2. The zero-order valence-electron chi connectivity index (χ0n) is 12.7. The summed E-state index contributed by atoms with van der Waals surface area (Å²) in [6.45, 7) is 3.83. The molecule has 0 aliphatic heterocycles. The predicted octanol–water partition coefficient (Wildman–Crippen LogP) is 1.95. The highest BCUT2D eigenvalue weighted by Gasteiger charge is 2.14. The summed E-state index contributed by atoms with van der Waals surface area (Å²) < 4.78 is 0. The molecule has 0 aliphatic rings. The highest BCUT2D eigenvalue weighted by atomic mass is 16.4. The number of carbonyl (C=O) groups excluding carboxylic acids is 2. The van der Waals surface area contributed by atoms with E-state index in [1.165, 1.54) is 12.1 Å². The summed E-state index contributed by atoms with van der Waals surface area (Å²) in [6, 6.07) is 9.12. The maximum atomic E-state index is 12.2. The van der Waals surface area contributed by atoms with Crippen LogP contribution >= 0.6 is 0 Å². The van der Waals surface area contributed by atoms with Crippen molar-refractivity contribution in [2.45, 2.75) is 0 Å². The van der Waals surface area contributed by atoms with Gasteiger partial charge in [-0.25, -0.2) is 4.79 Å². The number of hydrogen-bond donors (Lipinski definition) is 3. The Bertz CT molecular complexity index is 785. The van der Waals surface area contributed by atoms with Gasteiger partial charge in [0.15, 0.2) is 0 Å². The van der Waals surface area contributed by atoms with Crippen molar-refractivity contribution >= 4 is 23.5 Å². The van der Waals surface area contributed by atoms with Crippen LogP contribution in [-0.2, 0) is 0 Å². The molecule has 0 bridgehead atoms. The molecule has 1 heterocycles. The van der Waals surface area contributed by atoms with Crippen LogP contribution in [-0.4, -0.2) is 34.4 Å². The predicted molar refractivity (Wildman–Crippen MR) is 88.1 cm³/mol. The Labute approximate surface area is 138 Å². The van der Waals surface area contributed by atoms with Gasteiger partial charge in [0.25, 0.3) is 11.8 Å². The molecule has 1 aromatic carbocycles. The Kier molecular flexibility index (Phi) is 5.40. The summed E-state index contributed by atoms with van der Waals surface area (Å²) in [7, 11) is 0. The van der Waals surface area contributed by atoms with Crippen LogP contribution in [0.5, 0.6) is 0 Å². The van der Waals surface area contributed by atoms with E-state index in [-0.39, 0.29) is 17.2 Å². The fraction of sp³-hybridized carbons (Fsp3) is 0.0588. The van der Waals surface area contributed by atoms with E-state index in [0.717, 1.165) is 6.20 Å². The molecule has 2 amide bonds. The quantitative estimate of drug-likeness (QED) is 0.703. The second kappa shape index (κ2) is 7.68. The highest BCUT2D eigenvalue weighted by Crippen LogP contribution is 2.16. The number of aromatic carboxylic acids is 1. The highest BCUT2D eigenvalue weighted by molar-refractivity contribution is 6.08. The van der Waals surface area contributed by atoms with Crippen LogP contribution in [0.4, 0.5) is 5.69 Å². The first-order valence-corrected chi connectivity index (χ1v) is 7.01. The molecule has 2 rings (SSSR count). The molecular formula is C17H15N3O4. The molecule has 0 unspecified atom stereocenters. The van der Waals surface area contributed by atoms with E-state index in [0.29, 0.717) is 17.8 Å². The van der Waals surface area contributed by atoms with E-state index >= 15 is 0 Å². The Morgan fingerprint density at radius 2 is 1.88 bits per heavy atom. The molecule has 0 aliphatic carbocycles. The van der Waals surface area contributed by atoms with Crippen molar-refractivity contribution in [1.29, 1.82) is 0 Å². The van der Waals surface area contributed by atoms with Crippen molar-refractivity contribution in [3.8, 4) is 0 Å². The summed E-state index contributed by atoms with van der Waals surface area (Å²) in [4.78, 5) is 38.9. The lowest BCUT2D eigenvalue weighted by Gasteiger charge is -2.10. The van der Waals surface area contributed by atoms with Gasteiger partial charge in [-0.05, 0) is 24.3 Å². The molecule has 1 aromatic heterocycles. The van der Waals surface area contributed by atoms with Crippen molar-refractivity contribution < 1.29 is 19.5 Å². The minimum atomic E-state index is -1.13. The maximum Gasteiger partial charge on any atom is 0.337 e. The number of benzene rings is 1. The van der Waals surface area contributed by atoms with E-state index in [1.807, 2.05) is 0 Å². The topological polar surface area (TPSA) is 108 Å². The summed E-state index contributed by atoms with van der Waals surface area (Å²) >= 11 is 0. The zero-order valence-corrected chi connectivity index (χ0v) is 12.7. The number of carbonyl (C=O) groups is 3. The first kappa shape index (κ1) is 16.9. The van der Waals surface area contributed by atoms with Gasteiger partial charge in [0.1, 0.15) is 5.69 Å². The van der Waals surface area contributed by atoms with Gasteiger partial charge in [-0.1, -0.05) is 18.2 Å². The lowest BCUT2D eigenvalue weighted by Crippen LogP contribution is -2.25. The van der Waals surface area contributed by atoms with E-state index in [1.54, 1.807) is 30.3 Å². The van der Waals surface area contributed by atoms with Crippen molar-refractivity contribution in [3.63, 3.8) is 0 Å². The van der Waals surface area contributed by atoms with Gasteiger partial charge in [-0.3, -0.25) is 14.6 Å². The Morgan fingerprint density at radius 1 is 1.12 bits per heavy atom. The van der Waals surface area contributed by atoms with Crippen LogP contribution in [0.2, 0.25) is 0 Å². The van der Waals surface area contributed by atoms with Crippen molar-refractivity contribution in [2.75, 3.05) is 11.9 Å². The number of nitrogens with one attached hydrogen (secondary N) is 2. The molecule has 0 radical (unpaired) electrons. The number of para-hydroxylation sites is 1. The second-order valence-electron chi connectivity index (χ2n) is 4.74. The largest absolute Gasteiger partial charge is 0.478 e. The molecule has 7 heteroatoms. The summed E-state index contributed by atoms with van der Waals surface area (Å²) in [6.07, 6.45) is 2.65. The number of amides is 2. The monoisotopic (exact) mass is 325 g/mol. The van der Waals surface area contributed by atoms with E-state index in [2.05, 4.69) is 22.2 Å². The molecule has 24 heavy (non-hydrogen) atoms. The number of anilines is 1. The smallest absolute Gasteiger partial charge is 0.337 e. The van der Waals surface area contributed by atoms with Gasteiger partial charge in [0, 0.05) is 12.7 Å². The van der Waals surface area contributed by atoms with E-state index in [9.17, 15) is 14.4 Å². The summed E-state index contributed by atoms with van der Waals surface area (Å²) in [5.74, 6) is -2.02. The number of hydrogen-bond acceptors (Lipinski definition) is 4. The SMILES string of the molecule is C=CCNC(=O)c1ccccc1NC(=O)c1ccc(C(=O)O)cn1. The fourth-order valence-electron chi connectivity index (χ4n) is 1.89. The summed E-state index contributed by atoms with van der Waals surface area (Å²) in [5, 5.41) is 14.1. The minimum Gasteiger partial charge on any atom is -0.478 e. The van der Waals surface area contributed by atoms with Gasteiger partial charge in [-0.2, -0.15) is 0 Å². The fourth-order valence-corrected chi connectivity index (χ4v) is 1.89. The van der Waals surface area contributed by atoms with Crippen LogP contribution in [0.25, 0.3) is 0 Å². The van der Waals surface area contributed by atoms with Crippen LogP contribution in [0.1, 0.15) is 31.2 Å². The van der Waals surface area contributed by atoms with Crippen LogP contribution < -0.4 is 10.6 Å². The standard InChI is InChI=1S/C17H15N3O4/c1-2-9-18-15(21)12-5-3-4-6-13(12)20-16(22)14-8-7-11(10-19-14)17(23)24/h2-8,10H,1,9H2,(H,18,21)(H,20,22)(H,23,24). The van der Waals surface area contributed by atoms with Gasteiger partial charge in [-0.15, -0.1) is 6.58 Å². The lowest BCUT2D eigenvalue weighted by atomic mass is 10.1. The zero-order chi connectivity index (χ0) is 17.5. The van der Waals surface area contributed by atoms with Crippen LogP contribution in [0.3, 0.4) is 0 Å². The van der Waals surface area contributed by atoms with Crippen molar-refractivity contribution in [3.05, 3.63) is 72.1 Å². The van der Waals surface area contributed by atoms with Gasteiger partial charge in [0.05, 0.1) is 16.8 Å². The minimum absolute atomic E-state index is 0.0178. The summed E-state index contributed by atoms with van der Waals surface area (Å²) in [5.41, 5.74) is 0.653. The number of nitrogens with zero attached hydrogens (tertiary/aromatic N) is 1. The Balaban J connectivity index is 2.18. The molecule has 0 saturated carbocycles. The normalized spacial score (nSPS) is 9.83. The molecule has 3 N–H and O–H groups in total. The van der Waals surface area contributed by atoms with Crippen LogP contribution in [0, 0.1) is 0 Å². The van der Waals surface area contributed by atoms with Gasteiger partial charge < -0.3 is 15.7 Å². The van der Waals surface area contributed by atoms with Gasteiger partial charge >= 0.3 is 5.97 Å². The number of carboxylic acids is 1. The third-order valence-electron chi connectivity index (χ3n) is 3.07. The van der Waals surface area contributed by atoms with Crippen molar-refractivity contribution in [2.24, 2.45) is 0 Å². The molecule has 7 nitrogen and oxygen atoms in total. The van der Waals surface area contributed by atoms with Gasteiger partial charge in [0.2, 0.25) is 0 Å². The molecule has 122 valence electrons. The molecule has 0 saturated heterocycles. The Hall–Kier alpha value is -3.48. The Morgan fingerprint density at radius 3 is 2.50 bits per heavy atom. The van der Waals surface area contributed by atoms with E-state index in [4.69, 9.17) is 5.11 Å². The number of rotatable bonds is 6. The molecule has 0 atom stereocenters. The molecular weight excluding hydrogens is 310 g/mol. The third kappa shape index (κ3) is 4.04. The molecule has 0 spiro atoms. The van der Waals surface area contributed by atoms with E-state index < -0.39 is 11.9 Å². The molecule has 0 fully saturated rings. The first-order chi connectivity index (χ1) is 11.5. The number of aromatic nitrogens is 1. The molecule has 2 aromatic rings.